The topological polar surface area (TPSA) is 62.3 Å². The quantitative estimate of drug-likeness (QED) is 0.936. The van der Waals surface area contributed by atoms with Crippen LogP contribution < -0.4 is 5.32 Å². The standard InChI is InChI=1S/C17H19N3O2S/c21-16(19-12-14-4-1-2-8-18-14)13-6-9-20(10-7-13)17(22)15-5-3-11-23-15/h1-5,8,11,13H,6-7,9-10,12H2,(H,19,21). The number of rotatable bonds is 4. The molecular weight excluding hydrogens is 310 g/mol. The lowest BCUT2D eigenvalue weighted by molar-refractivity contribution is -0.126. The number of nitrogens with one attached hydrogen (secondary N) is 1. The number of aromatic nitrogens is 1. The molecule has 2 amide bonds. The SMILES string of the molecule is O=C(NCc1ccccn1)C1CCN(C(=O)c2cccs2)CC1. The molecule has 0 bridgehead atoms. The molecule has 2 aromatic rings. The summed E-state index contributed by atoms with van der Waals surface area (Å²) in [6.07, 6.45) is 3.15. The van der Waals surface area contributed by atoms with Crippen LogP contribution in [0.5, 0.6) is 0 Å². The van der Waals surface area contributed by atoms with Crippen LogP contribution >= 0.6 is 11.3 Å². The van der Waals surface area contributed by atoms with Gasteiger partial charge in [0, 0.05) is 25.2 Å². The lowest BCUT2D eigenvalue weighted by Gasteiger charge is -2.31. The number of likely N-dealkylation sites (tertiary alicyclic amines) is 1. The van der Waals surface area contributed by atoms with Gasteiger partial charge in [-0.15, -0.1) is 11.3 Å². The van der Waals surface area contributed by atoms with Crippen LogP contribution in [0, 0.1) is 5.92 Å². The second-order valence-electron chi connectivity index (χ2n) is 5.58. The summed E-state index contributed by atoms with van der Waals surface area (Å²) in [6, 6.07) is 9.38. The number of thiophene rings is 1. The van der Waals surface area contributed by atoms with E-state index in [0.717, 1.165) is 10.6 Å². The van der Waals surface area contributed by atoms with Gasteiger partial charge >= 0.3 is 0 Å². The van der Waals surface area contributed by atoms with Gasteiger partial charge in [-0.25, -0.2) is 0 Å². The lowest BCUT2D eigenvalue weighted by Crippen LogP contribution is -2.42. The van der Waals surface area contributed by atoms with Crippen LogP contribution in [0.3, 0.4) is 0 Å². The highest BCUT2D eigenvalue weighted by molar-refractivity contribution is 7.12. The zero-order valence-corrected chi connectivity index (χ0v) is 13.6. The third kappa shape index (κ3) is 3.96. The first-order valence-corrected chi connectivity index (χ1v) is 8.62. The molecule has 1 fully saturated rings. The minimum Gasteiger partial charge on any atom is -0.350 e. The summed E-state index contributed by atoms with van der Waals surface area (Å²) in [5, 5.41) is 4.85. The zero-order chi connectivity index (χ0) is 16.1. The first-order valence-electron chi connectivity index (χ1n) is 7.74. The van der Waals surface area contributed by atoms with E-state index in [2.05, 4.69) is 10.3 Å². The predicted molar refractivity (Wildman–Crippen MR) is 89.0 cm³/mol. The Morgan fingerprint density at radius 1 is 1.22 bits per heavy atom. The smallest absolute Gasteiger partial charge is 0.263 e. The highest BCUT2D eigenvalue weighted by atomic mass is 32.1. The Hall–Kier alpha value is -2.21. The van der Waals surface area contributed by atoms with Gasteiger partial charge in [0.25, 0.3) is 5.91 Å². The van der Waals surface area contributed by atoms with Crippen LogP contribution in [0.4, 0.5) is 0 Å². The van der Waals surface area contributed by atoms with E-state index in [1.807, 2.05) is 40.6 Å². The lowest BCUT2D eigenvalue weighted by atomic mass is 9.95. The van der Waals surface area contributed by atoms with Crippen LogP contribution in [-0.4, -0.2) is 34.8 Å². The van der Waals surface area contributed by atoms with Crippen LogP contribution in [0.25, 0.3) is 0 Å². The van der Waals surface area contributed by atoms with Gasteiger partial charge in [-0.3, -0.25) is 14.6 Å². The van der Waals surface area contributed by atoms with Crippen molar-refractivity contribution in [2.75, 3.05) is 13.1 Å². The van der Waals surface area contributed by atoms with Crippen LogP contribution in [-0.2, 0) is 11.3 Å². The maximum absolute atomic E-state index is 12.3. The summed E-state index contributed by atoms with van der Waals surface area (Å²) in [7, 11) is 0. The predicted octanol–water partition coefficient (Wildman–Crippen LogP) is 2.31. The molecule has 0 atom stereocenters. The number of pyridine rings is 1. The molecule has 0 saturated carbocycles. The highest BCUT2D eigenvalue weighted by Crippen LogP contribution is 2.21. The molecule has 5 nitrogen and oxygen atoms in total. The van der Waals surface area contributed by atoms with Gasteiger partial charge in [-0.1, -0.05) is 12.1 Å². The number of carbonyl (C=O) groups is 2. The second-order valence-corrected chi connectivity index (χ2v) is 6.53. The van der Waals surface area contributed by atoms with Gasteiger partial charge in [0.2, 0.25) is 5.91 Å². The van der Waals surface area contributed by atoms with Crippen LogP contribution in [0.2, 0.25) is 0 Å². The number of hydrogen-bond acceptors (Lipinski definition) is 4. The Balaban J connectivity index is 1.47. The van der Waals surface area contributed by atoms with E-state index in [9.17, 15) is 9.59 Å². The first kappa shape index (κ1) is 15.7. The van der Waals surface area contributed by atoms with Gasteiger partial charge in [-0.2, -0.15) is 0 Å². The molecule has 0 radical (unpaired) electrons. The van der Waals surface area contributed by atoms with Gasteiger partial charge in [0.1, 0.15) is 0 Å². The summed E-state index contributed by atoms with van der Waals surface area (Å²) in [6.45, 7) is 1.73. The van der Waals surface area contributed by atoms with Crippen LogP contribution in [0.15, 0.2) is 41.9 Å². The Kier molecular flexibility index (Phi) is 5.02. The van der Waals surface area contributed by atoms with Gasteiger partial charge < -0.3 is 10.2 Å². The Labute approximate surface area is 139 Å². The third-order valence-electron chi connectivity index (χ3n) is 4.05. The fraction of sp³-hybridized carbons (Fsp3) is 0.353. The average Bonchev–Trinajstić information content (AvgIpc) is 3.15. The number of hydrogen-bond donors (Lipinski definition) is 1. The molecule has 120 valence electrons. The normalized spacial score (nSPS) is 15.4. The minimum atomic E-state index is -0.0221. The maximum Gasteiger partial charge on any atom is 0.263 e. The zero-order valence-electron chi connectivity index (χ0n) is 12.8. The fourth-order valence-corrected chi connectivity index (χ4v) is 3.42. The number of carbonyl (C=O) groups excluding carboxylic acids is 2. The van der Waals surface area contributed by atoms with E-state index in [1.54, 1.807) is 6.20 Å². The van der Waals surface area contributed by atoms with E-state index in [1.165, 1.54) is 11.3 Å². The van der Waals surface area contributed by atoms with Gasteiger partial charge in [0.15, 0.2) is 0 Å². The monoisotopic (exact) mass is 329 g/mol. The molecule has 23 heavy (non-hydrogen) atoms. The van der Waals surface area contributed by atoms with E-state index < -0.39 is 0 Å². The average molecular weight is 329 g/mol. The molecular formula is C17H19N3O2S. The molecule has 2 aromatic heterocycles. The molecule has 0 aliphatic carbocycles. The molecule has 1 aliphatic rings. The molecule has 0 spiro atoms. The molecule has 3 heterocycles. The highest BCUT2D eigenvalue weighted by Gasteiger charge is 2.27. The van der Waals surface area contributed by atoms with E-state index in [4.69, 9.17) is 0 Å². The Bertz CT molecular complexity index is 650. The molecule has 1 N–H and O–H groups in total. The number of amides is 2. The Morgan fingerprint density at radius 2 is 2.04 bits per heavy atom. The van der Waals surface area contributed by atoms with Crippen molar-refractivity contribution < 1.29 is 9.59 Å². The van der Waals surface area contributed by atoms with Crippen molar-refractivity contribution in [1.29, 1.82) is 0 Å². The summed E-state index contributed by atoms with van der Waals surface area (Å²) in [5.74, 6) is 0.109. The van der Waals surface area contributed by atoms with Crippen molar-refractivity contribution >= 4 is 23.2 Å². The fourth-order valence-electron chi connectivity index (χ4n) is 2.73. The molecule has 6 heteroatoms. The van der Waals surface area contributed by atoms with Crippen molar-refractivity contribution in [1.82, 2.24) is 15.2 Å². The van der Waals surface area contributed by atoms with Gasteiger partial charge in [-0.05, 0) is 36.4 Å². The van der Waals surface area contributed by atoms with Crippen molar-refractivity contribution in [3.8, 4) is 0 Å². The summed E-state index contributed by atoms with van der Waals surface area (Å²) in [5.41, 5.74) is 0.853. The maximum atomic E-state index is 12.3. The summed E-state index contributed by atoms with van der Waals surface area (Å²) >= 11 is 1.46. The number of piperidine rings is 1. The molecule has 1 aliphatic heterocycles. The van der Waals surface area contributed by atoms with Crippen molar-refractivity contribution in [3.63, 3.8) is 0 Å². The molecule has 0 aromatic carbocycles. The largest absolute Gasteiger partial charge is 0.350 e. The third-order valence-corrected chi connectivity index (χ3v) is 4.91. The molecule has 0 unspecified atom stereocenters. The van der Waals surface area contributed by atoms with Crippen LogP contribution in [0.1, 0.15) is 28.2 Å². The summed E-state index contributed by atoms with van der Waals surface area (Å²) < 4.78 is 0. The van der Waals surface area contributed by atoms with E-state index in [-0.39, 0.29) is 17.7 Å². The van der Waals surface area contributed by atoms with Crippen molar-refractivity contribution in [2.45, 2.75) is 19.4 Å². The summed E-state index contributed by atoms with van der Waals surface area (Å²) in [4.78, 5) is 31.3. The Morgan fingerprint density at radius 3 is 2.70 bits per heavy atom. The van der Waals surface area contributed by atoms with Gasteiger partial charge in [0.05, 0.1) is 17.1 Å². The van der Waals surface area contributed by atoms with Crippen molar-refractivity contribution in [3.05, 3.63) is 52.5 Å². The molecule has 3 rings (SSSR count). The second kappa shape index (κ2) is 7.37. The minimum absolute atomic E-state index is 0.0221. The molecule has 1 saturated heterocycles. The van der Waals surface area contributed by atoms with Crippen molar-refractivity contribution in [2.24, 2.45) is 5.92 Å². The van der Waals surface area contributed by atoms with E-state index >= 15 is 0 Å². The first-order chi connectivity index (χ1) is 11.2. The number of nitrogens with zero attached hydrogens (tertiary/aromatic N) is 2. The van der Waals surface area contributed by atoms with E-state index in [0.29, 0.717) is 32.5 Å².